The zero-order valence-electron chi connectivity index (χ0n) is 60.7. The molecule has 0 aromatic rings. The van der Waals surface area contributed by atoms with E-state index in [1.165, 1.54) is 199 Å². The standard InChI is InChI=1S/C75H144O17P2/c1-5-9-13-17-21-25-29-33-34-38-40-44-48-52-56-60-73(78)86-66-71(92-75(80)62-58-54-50-46-42-37-32-28-24-20-16-12-8-4)68-90-94(83,84)88-64-69(76)63-87-93(81,82)89-67-70(91-74(79)61-57-53-49-45-41-36-31-27-23-19-15-11-7-3)65-85-72(77)59-55-51-47-43-39-35-30-26-22-18-14-10-6-2/h26,30,69-71,76H,5-25,27-29,31-68H2,1-4H3,(H,81,82)(H,83,84)/b30-26-. The molecule has 0 bridgehead atoms. The van der Waals surface area contributed by atoms with Crippen molar-refractivity contribution in [2.24, 2.45) is 0 Å². The van der Waals surface area contributed by atoms with Gasteiger partial charge in [-0.15, -0.1) is 0 Å². The van der Waals surface area contributed by atoms with Crippen LogP contribution >= 0.6 is 15.6 Å². The van der Waals surface area contributed by atoms with Crippen LogP contribution in [0.3, 0.4) is 0 Å². The summed E-state index contributed by atoms with van der Waals surface area (Å²) in [6, 6.07) is 0. The molecule has 0 fully saturated rings. The lowest BCUT2D eigenvalue weighted by atomic mass is 10.0. The summed E-state index contributed by atoms with van der Waals surface area (Å²) < 4.78 is 68.5. The van der Waals surface area contributed by atoms with Crippen molar-refractivity contribution in [3.05, 3.63) is 12.2 Å². The second kappa shape index (κ2) is 69.3. The molecule has 0 aliphatic rings. The lowest BCUT2D eigenvalue weighted by Crippen LogP contribution is -2.30. The van der Waals surface area contributed by atoms with Gasteiger partial charge < -0.3 is 33.8 Å². The number of esters is 4. The van der Waals surface area contributed by atoms with E-state index in [-0.39, 0.29) is 25.7 Å². The Labute approximate surface area is 574 Å². The number of unbranched alkanes of at least 4 members (excludes halogenated alkanes) is 47. The van der Waals surface area contributed by atoms with Gasteiger partial charge >= 0.3 is 39.5 Å². The first-order valence-electron chi connectivity index (χ1n) is 38.9. The van der Waals surface area contributed by atoms with Crippen molar-refractivity contribution < 1.29 is 80.2 Å². The van der Waals surface area contributed by atoms with Gasteiger partial charge in [-0.2, -0.15) is 0 Å². The third-order valence-electron chi connectivity index (χ3n) is 17.3. The Hall–Kier alpha value is -2.20. The number of carbonyl (C=O) groups excluding carboxylic acids is 4. The Kier molecular flexibility index (Phi) is 67.7. The third kappa shape index (κ3) is 68.3. The SMILES string of the molecule is CCCCCC/C=C\CCCCCCCC(=O)OCC(COP(=O)(O)OCC(O)COP(=O)(O)OCC(COC(=O)CCCCCCCCCCCCCCCCC)OC(=O)CCCCCCCCCCCCCCC)OC(=O)CCCCCCCCCCCCCCC. The fraction of sp³-hybridized carbons (Fsp3) is 0.920. The van der Waals surface area contributed by atoms with Crippen LogP contribution in [-0.2, 0) is 65.4 Å². The molecule has 0 heterocycles. The molecule has 5 unspecified atom stereocenters. The number of carbonyl (C=O) groups is 4. The van der Waals surface area contributed by atoms with E-state index in [9.17, 15) is 43.2 Å². The van der Waals surface area contributed by atoms with Crippen molar-refractivity contribution in [1.82, 2.24) is 0 Å². The fourth-order valence-electron chi connectivity index (χ4n) is 11.3. The van der Waals surface area contributed by atoms with Gasteiger partial charge in [0, 0.05) is 25.7 Å². The predicted molar refractivity (Wildman–Crippen MR) is 382 cm³/mol. The first-order valence-corrected chi connectivity index (χ1v) is 41.9. The monoisotopic (exact) mass is 1380 g/mol. The molecule has 556 valence electrons. The minimum atomic E-state index is -4.96. The number of hydrogen-bond donors (Lipinski definition) is 3. The van der Waals surface area contributed by atoms with Crippen LogP contribution in [0.5, 0.6) is 0 Å². The molecular weight excluding hydrogens is 1230 g/mol. The molecule has 5 atom stereocenters. The van der Waals surface area contributed by atoms with Crippen molar-refractivity contribution in [2.75, 3.05) is 39.6 Å². The number of phosphoric acid groups is 2. The summed E-state index contributed by atoms with van der Waals surface area (Å²) in [5, 5.41) is 10.6. The van der Waals surface area contributed by atoms with Crippen LogP contribution in [0, 0.1) is 0 Å². The number of ether oxygens (including phenoxy) is 4. The maximum Gasteiger partial charge on any atom is 0.472 e. The van der Waals surface area contributed by atoms with Gasteiger partial charge in [-0.3, -0.25) is 37.3 Å². The van der Waals surface area contributed by atoms with E-state index in [1.54, 1.807) is 0 Å². The van der Waals surface area contributed by atoms with Gasteiger partial charge in [-0.1, -0.05) is 322 Å². The highest BCUT2D eigenvalue weighted by molar-refractivity contribution is 7.47. The van der Waals surface area contributed by atoms with Crippen LogP contribution in [0.4, 0.5) is 0 Å². The zero-order chi connectivity index (χ0) is 69.0. The summed E-state index contributed by atoms with van der Waals surface area (Å²) in [7, 11) is -9.91. The molecule has 19 heteroatoms. The van der Waals surface area contributed by atoms with Crippen molar-refractivity contribution in [3.8, 4) is 0 Å². The number of phosphoric ester groups is 2. The van der Waals surface area contributed by atoms with Crippen molar-refractivity contribution in [3.63, 3.8) is 0 Å². The minimum Gasteiger partial charge on any atom is -0.462 e. The summed E-state index contributed by atoms with van der Waals surface area (Å²) in [5.41, 5.74) is 0. The van der Waals surface area contributed by atoms with Crippen molar-refractivity contribution in [2.45, 2.75) is 406 Å². The highest BCUT2D eigenvalue weighted by Gasteiger charge is 2.30. The molecule has 0 aromatic heterocycles. The first-order chi connectivity index (χ1) is 45.7. The smallest absolute Gasteiger partial charge is 0.462 e. The molecule has 17 nitrogen and oxygen atoms in total. The first kappa shape index (κ1) is 91.8. The van der Waals surface area contributed by atoms with Crippen LogP contribution in [-0.4, -0.2) is 96.7 Å². The second-order valence-electron chi connectivity index (χ2n) is 26.7. The Bertz CT molecular complexity index is 1840. The van der Waals surface area contributed by atoms with Gasteiger partial charge in [-0.05, 0) is 51.4 Å². The van der Waals surface area contributed by atoms with E-state index in [0.717, 1.165) is 109 Å². The van der Waals surface area contributed by atoms with Crippen LogP contribution in [0.25, 0.3) is 0 Å². The van der Waals surface area contributed by atoms with Crippen molar-refractivity contribution in [1.29, 1.82) is 0 Å². The highest BCUT2D eigenvalue weighted by atomic mass is 31.2. The largest absolute Gasteiger partial charge is 0.472 e. The summed E-state index contributed by atoms with van der Waals surface area (Å²) in [6.45, 7) is 4.95. The Morgan fingerprint density at radius 2 is 0.489 bits per heavy atom. The number of hydrogen-bond acceptors (Lipinski definition) is 15. The molecule has 94 heavy (non-hydrogen) atoms. The van der Waals surface area contributed by atoms with Crippen LogP contribution in [0.2, 0.25) is 0 Å². The Morgan fingerprint density at radius 3 is 0.745 bits per heavy atom. The van der Waals surface area contributed by atoms with E-state index in [0.29, 0.717) is 25.7 Å². The van der Waals surface area contributed by atoms with Crippen LogP contribution in [0.15, 0.2) is 12.2 Å². The number of rotatable bonds is 75. The lowest BCUT2D eigenvalue weighted by molar-refractivity contribution is -0.161. The van der Waals surface area contributed by atoms with Gasteiger partial charge in [0.15, 0.2) is 12.2 Å². The van der Waals surface area contributed by atoms with Gasteiger partial charge in [0.1, 0.15) is 19.3 Å². The molecule has 0 aliphatic carbocycles. The molecular formula is C75H144O17P2. The van der Waals surface area contributed by atoms with E-state index in [4.69, 9.17) is 37.0 Å². The summed E-state index contributed by atoms with van der Waals surface area (Å²) in [6.07, 6.45) is 60.5. The van der Waals surface area contributed by atoms with Gasteiger partial charge in [-0.25, -0.2) is 9.13 Å². The van der Waals surface area contributed by atoms with Gasteiger partial charge in [0.05, 0.1) is 26.4 Å². The Morgan fingerprint density at radius 1 is 0.287 bits per heavy atom. The summed E-state index contributed by atoms with van der Waals surface area (Å²) >= 11 is 0. The van der Waals surface area contributed by atoms with E-state index in [1.807, 2.05) is 0 Å². The Balaban J connectivity index is 5.27. The maximum absolute atomic E-state index is 13.1. The zero-order valence-corrected chi connectivity index (χ0v) is 62.5. The molecule has 0 rings (SSSR count). The van der Waals surface area contributed by atoms with E-state index < -0.39 is 97.5 Å². The van der Waals surface area contributed by atoms with Gasteiger partial charge in [0.25, 0.3) is 0 Å². The summed E-state index contributed by atoms with van der Waals surface area (Å²) in [4.78, 5) is 72.8. The molecule has 3 N–H and O–H groups in total. The summed E-state index contributed by atoms with van der Waals surface area (Å²) in [5.74, 6) is -2.13. The number of allylic oxidation sites excluding steroid dienone is 2. The molecule has 0 aromatic carbocycles. The molecule has 0 saturated heterocycles. The van der Waals surface area contributed by atoms with Crippen LogP contribution in [0.1, 0.15) is 387 Å². The topological polar surface area (TPSA) is 237 Å². The quantitative estimate of drug-likeness (QED) is 0.0169. The molecule has 0 amide bonds. The maximum atomic E-state index is 13.1. The minimum absolute atomic E-state index is 0.104. The molecule has 0 radical (unpaired) electrons. The number of aliphatic hydroxyl groups is 1. The number of aliphatic hydroxyl groups excluding tert-OH is 1. The van der Waals surface area contributed by atoms with E-state index >= 15 is 0 Å². The lowest BCUT2D eigenvalue weighted by Gasteiger charge is -2.21. The third-order valence-corrected chi connectivity index (χ3v) is 19.2. The second-order valence-corrected chi connectivity index (χ2v) is 29.6. The average Bonchev–Trinajstić information content (AvgIpc) is 2.45. The predicted octanol–water partition coefficient (Wildman–Crippen LogP) is 22.0. The van der Waals surface area contributed by atoms with Crippen LogP contribution < -0.4 is 0 Å². The molecule has 0 aliphatic heterocycles. The molecule has 0 spiro atoms. The highest BCUT2D eigenvalue weighted by Crippen LogP contribution is 2.45. The van der Waals surface area contributed by atoms with Crippen molar-refractivity contribution >= 4 is 39.5 Å². The fourth-order valence-corrected chi connectivity index (χ4v) is 12.9. The van der Waals surface area contributed by atoms with E-state index in [2.05, 4.69) is 39.8 Å². The molecule has 0 saturated carbocycles. The normalized spacial score (nSPS) is 14.0. The van der Waals surface area contributed by atoms with Gasteiger partial charge in [0.2, 0.25) is 0 Å². The average molecular weight is 1380 g/mol.